The van der Waals surface area contributed by atoms with E-state index in [1.54, 1.807) is 5.01 Å². The number of methoxy groups -OCH3 is 1. The molecule has 0 amide bonds. The van der Waals surface area contributed by atoms with Crippen LogP contribution in [-0.4, -0.2) is 31.2 Å². The molecule has 0 atom stereocenters. The Morgan fingerprint density at radius 3 is 2.41 bits per heavy atom. The van der Waals surface area contributed by atoms with Crippen LogP contribution in [0.3, 0.4) is 0 Å². The average molecular weight is 234 g/mol. The summed E-state index contributed by atoms with van der Waals surface area (Å²) in [6.45, 7) is 1.42. The van der Waals surface area contributed by atoms with Crippen LogP contribution < -0.4 is 5.84 Å². The number of hydrazine groups is 1. The molecular weight excluding hydrogens is 216 g/mol. The van der Waals surface area contributed by atoms with Gasteiger partial charge in [-0.2, -0.15) is 0 Å². The number of carbonyl (C=O) groups is 1. The van der Waals surface area contributed by atoms with Gasteiger partial charge in [0, 0.05) is 13.1 Å². The van der Waals surface area contributed by atoms with E-state index < -0.39 is 5.41 Å². The van der Waals surface area contributed by atoms with Gasteiger partial charge in [0.2, 0.25) is 0 Å². The monoisotopic (exact) mass is 234 g/mol. The van der Waals surface area contributed by atoms with E-state index in [-0.39, 0.29) is 5.97 Å². The van der Waals surface area contributed by atoms with Gasteiger partial charge in [-0.15, -0.1) is 0 Å². The van der Waals surface area contributed by atoms with Crippen LogP contribution >= 0.6 is 0 Å². The minimum Gasteiger partial charge on any atom is -0.468 e. The van der Waals surface area contributed by atoms with Gasteiger partial charge >= 0.3 is 5.97 Å². The van der Waals surface area contributed by atoms with E-state index in [1.165, 1.54) is 7.11 Å². The molecule has 1 aromatic carbocycles. The van der Waals surface area contributed by atoms with Gasteiger partial charge in [0.15, 0.2) is 0 Å². The lowest BCUT2D eigenvalue weighted by Gasteiger charge is -2.38. The van der Waals surface area contributed by atoms with Gasteiger partial charge in [0.05, 0.1) is 12.5 Å². The summed E-state index contributed by atoms with van der Waals surface area (Å²) in [6, 6.07) is 9.84. The first-order valence-electron chi connectivity index (χ1n) is 5.82. The molecule has 2 rings (SSSR count). The number of ether oxygens (including phenoxy) is 1. The van der Waals surface area contributed by atoms with Crippen molar-refractivity contribution < 1.29 is 9.53 Å². The molecule has 0 saturated carbocycles. The summed E-state index contributed by atoms with van der Waals surface area (Å²) < 4.78 is 4.98. The van der Waals surface area contributed by atoms with E-state index in [9.17, 15) is 4.79 Å². The quantitative estimate of drug-likeness (QED) is 0.614. The Labute approximate surface area is 101 Å². The maximum Gasteiger partial charge on any atom is 0.316 e. The lowest BCUT2D eigenvalue weighted by molar-refractivity contribution is -0.149. The van der Waals surface area contributed by atoms with Crippen molar-refractivity contribution >= 4 is 5.97 Å². The van der Waals surface area contributed by atoms with E-state index in [0.29, 0.717) is 25.9 Å². The first kappa shape index (κ1) is 12.1. The van der Waals surface area contributed by atoms with Crippen molar-refractivity contribution in [1.29, 1.82) is 0 Å². The maximum atomic E-state index is 12.1. The highest BCUT2D eigenvalue weighted by atomic mass is 16.5. The van der Waals surface area contributed by atoms with E-state index in [1.807, 2.05) is 30.3 Å². The third kappa shape index (κ3) is 2.18. The van der Waals surface area contributed by atoms with E-state index in [4.69, 9.17) is 10.6 Å². The highest BCUT2D eigenvalue weighted by Gasteiger charge is 2.43. The molecule has 92 valence electrons. The predicted molar refractivity (Wildman–Crippen MR) is 65.1 cm³/mol. The summed E-state index contributed by atoms with van der Waals surface area (Å²) in [5.41, 5.74) is 0.506. The topological polar surface area (TPSA) is 55.6 Å². The molecular formula is C13H18N2O2. The molecule has 2 N–H and O–H groups in total. The zero-order valence-corrected chi connectivity index (χ0v) is 10.1. The molecule has 0 spiro atoms. The minimum atomic E-state index is -0.522. The SMILES string of the molecule is COC(=O)C1(c2ccccc2)CCN(N)CC1. The summed E-state index contributed by atoms with van der Waals surface area (Å²) in [6.07, 6.45) is 1.42. The highest BCUT2D eigenvalue weighted by molar-refractivity contribution is 5.83. The number of esters is 1. The second-order valence-electron chi connectivity index (χ2n) is 4.48. The standard InChI is InChI=1S/C13H18N2O2/c1-17-12(16)13(7-9-15(14)10-8-13)11-5-3-2-4-6-11/h2-6H,7-10,14H2,1H3. The summed E-state index contributed by atoms with van der Waals surface area (Å²) in [5, 5.41) is 1.75. The molecule has 0 radical (unpaired) electrons. The molecule has 4 heteroatoms. The fourth-order valence-corrected chi connectivity index (χ4v) is 2.47. The molecule has 0 unspecified atom stereocenters. The Morgan fingerprint density at radius 2 is 1.88 bits per heavy atom. The number of carbonyl (C=O) groups excluding carboxylic acids is 1. The Hall–Kier alpha value is -1.39. The smallest absolute Gasteiger partial charge is 0.316 e. The second-order valence-corrected chi connectivity index (χ2v) is 4.48. The Kier molecular flexibility index (Phi) is 3.45. The summed E-state index contributed by atoms with van der Waals surface area (Å²) in [7, 11) is 1.45. The summed E-state index contributed by atoms with van der Waals surface area (Å²) >= 11 is 0. The first-order chi connectivity index (χ1) is 8.19. The predicted octanol–water partition coefficient (Wildman–Crippen LogP) is 1.07. The van der Waals surface area contributed by atoms with Gasteiger partial charge in [-0.1, -0.05) is 30.3 Å². The Morgan fingerprint density at radius 1 is 1.29 bits per heavy atom. The minimum absolute atomic E-state index is 0.156. The van der Waals surface area contributed by atoms with Crippen LogP contribution in [0.25, 0.3) is 0 Å². The molecule has 0 bridgehead atoms. The highest BCUT2D eigenvalue weighted by Crippen LogP contribution is 2.35. The molecule has 4 nitrogen and oxygen atoms in total. The molecule has 0 aromatic heterocycles. The molecule has 1 aliphatic rings. The van der Waals surface area contributed by atoms with E-state index >= 15 is 0 Å². The van der Waals surface area contributed by atoms with Crippen LogP contribution in [0.5, 0.6) is 0 Å². The molecule has 1 fully saturated rings. The molecule has 1 aliphatic heterocycles. The average Bonchev–Trinajstić information content (AvgIpc) is 2.40. The van der Waals surface area contributed by atoms with Gasteiger partial charge in [-0.25, -0.2) is 5.01 Å². The summed E-state index contributed by atoms with van der Waals surface area (Å²) in [4.78, 5) is 12.1. The van der Waals surface area contributed by atoms with Crippen molar-refractivity contribution in [2.45, 2.75) is 18.3 Å². The Bertz CT molecular complexity index is 384. The fourth-order valence-electron chi connectivity index (χ4n) is 2.47. The van der Waals surface area contributed by atoms with Crippen molar-refractivity contribution in [2.75, 3.05) is 20.2 Å². The maximum absolute atomic E-state index is 12.1. The molecule has 1 aromatic rings. The van der Waals surface area contributed by atoms with Crippen molar-refractivity contribution in [2.24, 2.45) is 5.84 Å². The van der Waals surface area contributed by atoms with Gasteiger partial charge in [0.1, 0.15) is 0 Å². The molecule has 1 heterocycles. The largest absolute Gasteiger partial charge is 0.468 e. The Balaban J connectivity index is 2.35. The number of nitrogens with zero attached hydrogens (tertiary/aromatic N) is 1. The summed E-state index contributed by atoms with van der Waals surface area (Å²) in [5.74, 6) is 5.60. The third-order valence-electron chi connectivity index (χ3n) is 3.55. The van der Waals surface area contributed by atoms with Crippen molar-refractivity contribution in [3.8, 4) is 0 Å². The number of piperidine rings is 1. The fraction of sp³-hybridized carbons (Fsp3) is 0.462. The van der Waals surface area contributed by atoms with Crippen LogP contribution in [0.2, 0.25) is 0 Å². The van der Waals surface area contributed by atoms with Crippen LogP contribution in [0, 0.1) is 0 Å². The third-order valence-corrected chi connectivity index (χ3v) is 3.55. The van der Waals surface area contributed by atoms with Crippen molar-refractivity contribution in [3.63, 3.8) is 0 Å². The lowest BCUT2D eigenvalue weighted by atomic mass is 9.73. The van der Waals surface area contributed by atoms with Gasteiger partial charge in [-0.05, 0) is 18.4 Å². The zero-order valence-electron chi connectivity index (χ0n) is 10.1. The van der Waals surface area contributed by atoms with Crippen molar-refractivity contribution in [1.82, 2.24) is 5.01 Å². The van der Waals surface area contributed by atoms with Gasteiger partial charge in [-0.3, -0.25) is 10.6 Å². The van der Waals surface area contributed by atoms with Crippen LogP contribution in [0.15, 0.2) is 30.3 Å². The molecule has 1 saturated heterocycles. The number of hydrogen-bond donors (Lipinski definition) is 1. The van der Waals surface area contributed by atoms with Crippen LogP contribution in [-0.2, 0) is 14.9 Å². The van der Waals surface area contributed by atoms with E-state index in [2.05, 4.69) is 0 Å². The zero-order chi connectivity index (χ0) is 12.3. The van der Waals surface area contributed by atoms with E-state index in [0.717, 1.165) is 5.56 Å². The van der Waals surface area contributed by atoms with Crippen LogP contribution in [0.1, 0.15) is 18.4 Å². The normalized spacial score (nSPS) is 19.9. The van der Waals surface area contributed by atoms with Crippen LogP contribution in [0.4, 0.5) is 0 Å². The van der Waals surface area contributed by atoms with Crippen molar-refractivity contribution in [3.05, 3.63) is 35.9 Å². The number of nitrogens with two attached hydrogens (primary N) is 1. The molecule has 17 heavy (non-hydrogen) atoms. The number of hydrogen-bond acceptors (Lipinski definition) is 4. The number of rotatable bonds is 2. The molecule has 0 aliphatic carbocycles. The second kappa shape index (κ2) is 4.85. The van der Waals surface area contributed by atoms with Gasteiger partial charge < -0.3 is 4.74 Å². The van der Waals surface area contributed by atoms with Gasteiger partial charge in [0.25, 0.3) is 0 Å². The lowest BCUT2D eigenvalue weighted by Crippen LogP contribution is -2.50. The first-order valence-corrected chi connectivity index (χ1v) is 5.82. The number of benzene rings is 1.